The van der Waals surface area contributed by atoms with Crippen LogP contribution in [0.4, 0.5) is 10.1 Å². The standard InChI is InChI=1S/C26H28FN5O3/c1-14-30-23(22-17-11-16(27)12-18(29-5)24(17)32-25(22)31-14)15-6-7-19(20(10-15)34-9-8-28)35-13-21(33)26(2,3)4/h6-7,10-12,21,29,33H,9,13H2,1-5H3,(H,30,31,32)/t21-/m1/s1. The van der Waals surface area contributed by atoms with Crippen LogP contribution in [0.1, 0.15) is 26.6 Å². The minimum Gasteiger partial charge on any atom is -0.487 e. The molecule has 182 valence electrons. The fourth-order valence-electron chi connectivity index (χ4n) is 3.80. The summed E-state index contributed by atoms with van der Waals surface area (Å²) in [7, 11) is 1.73. The van der Waals surface area contributed by atoms with Crippen LogP contribution in [0.15, 0.2) is 30.3 Å². The van der Waals surface area contributed by atoms with Crippen molar-refractivity contribution >= 4 is 27.6 Å². The molecule has 4 rings (SSSR count). The van der Waals surface area contributed by atoms with E-state index in [-0.39, 0.29) is 24.4 Å². The normalized spacial score (nSPS) is 12.5. The van der Waals surface area contributed by atoms with E-state index >= 15 is 0 Å². The maximum Gasteiger partial charge on any atom is 0.174 e. The van der Waals surface area contributed by atoms with E-state index < -0.39 is 6.10 Å². The average molecular weight is 478 g/mol. The molecule has 9 heteroatoms. The Kier molecular flexibility index (Phi) is 6.50. The Bertz CT molecular complexity index is 1440. The van der Waals surface area contributed by atoms with E-state index in [1.165, 1.54) is 12.1 Å². The minimum absolute atomic E-state index is 0.0666. The molecule has 35 heavy (non-hydrogen) atoms. The average Bonchev–Trinajstić information content (AvgIpc) is 3.17. The fraction of sp³-hybridized carbons (Fsp3) is 0.346. The lowest BCUT2D eigenvalue weighted by Gasteiger charge is -2.26. The van der Waals surface area contributed by atoms with Crippen LogP contribution in [-0.2, 0) is 0 Å². The number of ether oxygens (including phenoxy) is 2. The quantitative estimate of drug-likeness (QED) is 0.345. The first kappa shape index (κ1) is 24.2. The minimum atomic E-state index is -0.697. The molecule has 0 aliphatic carbocycles. The molecular weight excluding hydrogens is 449 g/mol. The third-order valence-electron chi connectivity index (χ3n) is 5.81. The third-order valence-corrected chi connectivity index (χ3v) is 5.81. The summed E-state index contributed by atoms with van der Waals surface area (Å²) < 4.78 is 25.9. The van der Waals surface area contributed by atoms with E-state index in [1.54, 1.807) is 26.1 Å². The number of H-pyrrole nitrogens is 1. The van der Waals surface area contributed by atoms with Gasteiger partial charge in [0.05, 0.1) is 28.4 Å². The van der Waals surface area contributed by atoms with Crippen molar-refractivity contribution in [3.05, 3.63) is 42.0 Å². The van der Waals surface area contributed by atoms with Crippen molar-refractivity contribution in [3.8, 4) is 28.8 Å². The summed E-state index contributed by atoms with van der Waals surface area (Å²) in [5.41, 5.74) is 2.84. The van der Waals surface area contributed by atoms with Gasteiger partial charge in [-0.15, -0.1) is 0 Å². The predicted octanol–water partition coefficient (Wildman–Crippen LogP) is 4.96. The Morgan fingerprint density at radius 3 is 2.63 bits per heavy atom. The molecule has 4 aromatic rings. The second-order valence-electron chi connectivity index (χ2n) is 9.40. The maximum absolute atomic E-state index is 14.4. The van der Waals surface area contributed by atoms with Crippen LogP contribution in [0.2, 0.25) is 0 Å². The van der Waals surface area contributed by atoms with Gasteiger partial charge in [-0.05, 0) is 42.7 Å². The van der Waals surface area contributed by atoms with Crippen molar-refractivity contribution in [1.29, 1.82) is 5.26 Å². The number of nitriles is 1. The van der Waals surface area contributed by atoms with Crippen LogP contribution in [0.3, 0.4) is 0 Å². The number of hydrogen-bond donors (Lipinski definition) is 3. The predicted molar refractivity (Wildman–Crippen MR) is 133 cm³/mol. The molecule has 0 spiro atoms. The second-order valence-corrected chi connectivity index (χ2v) is 9.40. The number of halogens is 1. The molecule has 0 unspecified atom stereocenters. The molecule has 2 aromatic carbocycles. The number of hydrogen-bond acceptors (Lipinski definition) is 7. The molecule has 0 fully saturated rings. The monoisotopic (exact) mass is 477 g/mol. The third kappa shape index (κ3) is 4.84. The van der Waals surface area contributed by atoms with Crippen molar-refractivity contribution < 1.29 is 19.0 Å². The summed E-state index contributed by atoms with van der Waals surface area (Å²) in [5.74, 6) is 0.903. The zero-order chi connectivity index (χ0) is 25.3. The second kappa shape index (κ2) is 9.39. The van der Waals surface area contributed by atoms with Gasteiger partial charge in [0.15, 0.2) is 18.1 Å². The Hall–Kier alpha value is -3.90. The van der Waals surface area contributed by atoms with Gasteiger partial charge in [0, 0.05) is 18.0 Å². The molecular formula is C26H28FN5O3. The molecule has 0 radical (unpaired) electrons. The zero-order valence-corrected chi connectivity index (χ0v) is 20.4. The number of nitrogens with zero attached hydrogens (tertiary/aromatic N) is 3. The van der Waals surface area contributed by atoms with Crippen LogP contribution in [0.25, 0.3) is 33.2 Å². The largest absolute Gasteiger partial charge is 0.487 e. The first-order valence-corrected chi connectivity index (χ1v) is 11.2. The Morgan fingerprint density at radius 2 is 1.94 bits per heavy atom. The molecule has 0 saturated heterocycles. The number of aliphatic hydroxyl groups is 1. The van der Waals surface area contributed by atoms with E-state index in [1.807, 2.05) is 32.9 Å². The van der Waals surface area contributed by atoms with Crippen molar-refractivity contribution in [2.45, 2.75) is 33.8 Å². The lowest BCUT2D eigenvalue weighted by molar-refractivity contribution is 0.0210. The lowest BCUT2D eigenvalue weighted by Crippen LogP contribution is -2.32. The molecule has 2 heterocycles. The van der Waals surface area contributed by atoms with Gasteiger partial charge < -0.3 is 24.9 Å². The highest BCUT2D eigenvalue weighted by Gasteiger charge is 2.24. The van der Waals surface area contributed by atoms with Crippen LogP contribution in [0, 0.1) is 29.5 Å². The Balaban J connectivity index is 1.85. The van der Waals surface area contributed by atoms with E-state index in [9.17, 15) is 9.50 Å². The van der Waals surface area contributed by atoms with Gasteiger partial charge in [-0.25, -0.2) is 14.4 Å². The van der Waals surface area contributed by atoms with Gasteiger partial charge in [0.2, 0.25) is 0 Å². The van der Waals surface area contributed by atoms with Gasteiger partial charge in [0.25, 0.3) is 0 Å². The van der Waals surface area contributed by atoms with E-state index in [2.05, 4.69) is 20.3 Å². The molecule has 8 nitrogen and oxygen atoms in total. The van der Waals surface area contributed by atoms with E-state index in [4.69, 9.17) is 14.7 Å². The van der Waals surface area contributed by atoms with Crippen LogP contribution >= 0.6 is 0 Å². The fourth-order valence-corrected chi connectivity index (χ4v) is 3.80. The van der Waals surface area contributed by atoms with Gasteiger partial charge >= 0.3 is 0 Å². The number of aryl methyl sites for hydroxylation is 1. The highest BCUT2D eigenvalue weighted by molar-refractivity contribution is 6.15. The number of aromatic amines is 1. The molecule has 0 aliphatic heterocycles. The topological polar surface area (TPSA) is 116 Å². The number of aliphatic hydroxyl groups excluding tert-OH is 1. The first-order valence-electron chi connectivity index (χ1n) is 11.2. The highest BCUT2D eigenvalue weighted by atomic mass is 19.1. The summed E-state index contributed by atoms with van der Waals surface area (Å²) in [6, 6.07) is 10.1. The molecule has 0 amide bonds. The summed E-state index contributed by atoms with van der Waals surface area (Å²) in [6.07, 6.45) is -0.697. The maximum atomic E-state index is 14.4. The van der Waals surface area contributed by atoms with Crippen molar-refractivity contribution in [2.75, 3.05) is 25.6 Å². The smallest absolute Gasteiger partial charge is 0.174 e. The molecule has 2 aromatic heterocycles. The van der Waals surface area contributed by atoms with E-state index in [0.717, 1.165) is 5.52 Å². The van der Waals surface area contributed by atoms with Gasteiger partial charge in [0.1, 0.15) is 30.0 Å². The molecule has 1 atom stereocenters. The van der Waals surface area contributed by atoms with Crippen LogP contribution in [0.5, 0.6) is 11.5 Å². The van der Waals surface area contributed by atoms with Gasteiger partial charge in [-0.1, -0.05) is 20.8 Å². The molecule has 0 saturated carbocycles. The number of fused-ring (bicyclic) bond motifs is 3. The zero-order valence-electron chi connectivity index (χ0n) is 20.4. The number of rotatable bonds is 7. The summed E-state index contributed by atoms with van der Waals surface area (Å²) in [5, 5.41) is 23.7. The lowest BCUT2D eigenvalue weighted by atomic mass is 9.90. The van der Waals surface area contributed by atoms with Crippen LogP contribution in [-0.4, -0.2) is 46.4 Å². The summed E-state index contributed by atoms with van der Waals surface area (Å²) in [6.45, 7) is 7.43. The number of nitrogens with one attached hydrogen (secondary N) is 2. The van der Waals surface area contributed by atoms with Gasteiger partial charge in [-0.3, -0.25) is 0 Å². The van der Waals surface area contributed by atoms with Crippen molar-refractivity contribution in [3.63, 3.8) is 0 Å². The molecule has 0 aliphatic rings. The van der Waals surface area contributed by atoms with E-state index in [0.29, 0.717) is 50.7 Å². The summed E-state index contributed by atoms with van der Waals surface area (Å²) >= 11 is 0. The first-order chi connectivity index (χ1) is 16.6. The highest BCUT2D eigenvalue weighted by Crippen LogP contribution is 2.39. The number of aromatic nitrogens is 3. The molecule has 3 N–H and O–H groups in total. The van der Waals surface area contributed by atoms with Crippen molar-refractivity contribution in [2.24, 2.45) is 5.41 Å². The molecule has 0 bridgehead atoms. The summed E-state index contributed by atoms with van der Waals surface area (Å²) in [4.78, 5) is 12.5. The van der Waals surface area contributed by atoms with Gasteiger partial charge in [-0.2, -0.15) is 5.26 Å². The Morgan fingerprint density at radius 1 is 1.17 bits per heavy atom. The Labute approximate surface area is 202 Å². The number of benzene rings is 2. The van der Waals surface area contributed by atoms with Crippen LogP contribution < -0.4 is 14.8 Å². The number of anilines is 1. The van der Waals surface area contributed by atoms with Crippen molar-refractivity contribution in [1.82, 2.24) is 15.0 Å². The SMILES string of the molecule is CNc1cc(F)cc2c1[nH]c1nc(C)nc(-c3ccc(OC[C@@H](O)C(C)(C)C)c(OCC#N)c3)c12.